The standard InChI is InChI=1S/C19H21ClFNO2/c1-11-9-17(10-12(2)18(11)20)24-14(4)19(23)22-13(3)15-5-7-16(21)8-6-15/h5-10,13-14H,1-4H3,(H,22,23)/t13-,14-/m1/s1. The number of nitrogens with one attached hydrogen (secondary N) is 1. The van der Waals surface area contributed by atoms with Crippen molar-refractivity contribution in [3.05, 3.63) is 63.9 Å². The van der Waals surface area contributed by atoms with Gasteiger partial charge >= 0.3 is 0 Å². The summed E-state index contributed by atoms with van der Waals surface area (Å²) in [6.45, 7) is 7.31. The van der Waals surface area contributed by atoms with Gasteiger partial charge in [-0.3, -0.25) is 4.79 Å². The molecule has 0 aliphatic rings. The van der Waals surface area contributed by atoms with Gasteiger partial charge in [0.15, 0.2) is 6.10 Å². The van der Waals surface area contributed by atoms with Gasteiger partial charge in [0.05, 0.1) is 6.04 Å². The van der Waals surface area contributed by atoms with Gasteiger partial charge in [0.25, 0.3) is 5.91 Å². The summed E-state index contributed by atoms with van der Waals surface area (Å²) in [6.07, 6.45) is -0.659. The molecule has 3 nitrogen and oxygen atoms in total. The molecule has 1 amide bonds. The minimum atomic E-state index is -0.659. The van der Waals surface area contributed by atoms with Crippen molar-refractivity contribution < 1.29 is 13.9 Å². The van der Waals surface area contributed by atoms with Crippen LogP contribution in [0.2, 0.25) is 5.02 Å². The third kappa shape index (κ3) is 4.48. The summed E-state index contributed by atoms with van der Waals surface area (Å²) < 4.78 is 18.7. The van der Waals surface area contributed by atoms with Crippen molar-refractivity contribution >= 4 is 17.5 Å². The second kappa shape index (κ2) is 7.67. The van der Waals surface area contributed by atoms with Crippen LogP contribution in [0.1, 0.15) is 36.6 Å². The third-order valence-electron chi connectivity index (χ3n) is 3.82. The van der Waals surface area contributed by atoms with Crippen LogP contribution < -0.4 is 10.1 Å². The molecule has 128 valence electrons. The summed E-state index contributed by atoms with van der Waals surface area (Å²) in [5, 5.41) is 3.56. The fourth-order valence-corrected chi connectivity index (χ4v) is 2.51. The van der Waals surface area contributed by atoms with E-state index in [-0.39, 0.29) is 17.8 Å². The molecule has 0 spiro atoms. The normalized spacial score (nSPS) is 13.2. The van der Waals surface area contributed by atoms with Gasteiger partial charge in [-0.25, -0.2) is 4.39 Å². The Hall–Kier alpha value is -2.07. The van der Waals surface area contributed by atoms with Gasteiger partial charge < -0.3 is 10.1 Å². The fraction of sp³-hybridized carbons (Fsp3) is 0.316. The first-order valence-electron chi connectivity index (χ1n) is 7.77. The molecule has 0 aromatic heterocycles. The number of rotatable bonds is 5. The maximum absolute atomic E-state index is 13.0. The number of hydrogen-bond acceptors (Lipinski definition) is 2. The Morgan fingerprint density at radius 2 is 1.67 bits per heavy atom. The van der Waals surface area contributed by atoms with E-state index in [0.29, 0.717) is 10.8 Å². The highest BCUT2D eigenvalue weighted by atomic mass is 35.5. The second-order valence-corrected chi connectivity index (χ2v) is 6.29. The van der Waals surface area contributed by atoms with Crippen LogP contribution in [0.15, 0.2) is 36.4 Å². The molecule has 2 aromatic carbocycles. The molecule has 0 aliphatic heterocycles. The Kier molecular flexibility index (Phi) is 5.84. The summed E-state index contributed by atoms with van der Waals surface area (Å²) in [7, 11) is 0. The van der Waals surface area contributed by atoms with Crippen LogP contribution >= 0.6 is 11.6 Å². The molecule has 2 aromatic rings. The van der Waals surface area contributed by atoms with Crippen LogP contribution in [0.25, 0.3) is 0 Å². The average Bonchev–Trinajstić information content (AvgIpc) is 2.52. The molecule has 0 radical (unpaired) electrons. The molecule has 5 heteroatoms. The van der Waals surface area contributed by atoms with E-state index >= 15 is 0 Å². The Morgan fingerprint density at radius 3 is 2.21 bits per heavy atom. The predicted octanol–water partition coefficient (Wildman–Crippen LogP) is 4.74. The van der Waals surface area contributed by atoms with Crippen molar-refractivity contribution in [1.82, 2.24) is 5.32 Å². The lowest BCUT2D eigenvalue weighted by atomic mass is 10.1. The molecular formula is C19H21ClFNO2. The number of hydrogen-bond donors (Lipinski definition) is 1. The van der Waals surface area contributed by atoms with Crippen molar-refractivity contribution in [2.24, 2.45) is 0 Å². The summed E-state index contributed by atoms with van der Waals surface area (Å²) in [5.41, 5.74) is 2.63. The van der Waals surface area contributed by atoms with Gasteiger partial charge in [-0.05, 0) is 68.7 Å². The minimum Gasteiger partial charge on any atom is -0.481 e. The Labute approximate surface area is 146 Å². The summed E-state index contributed by atoms with van der Waals surface area (Å²) in [4.78, 5) is 12.3. The molecule has 0 fully saturated rings. The maximum atomic E-state index is 13.0. The average molecular weight is 350 g/mol. The quantitative estimate of drug-likeness (QED) is 0.846. The van der Waals surface area contributed by atoms with Crippen molar-refractivity contribution in [2.45, 2.75) is 39.8 Å². The fourth-order valence-electron chi connectivity index (χ4n) is 2.40. The Balaban J connectivity index is 2.00. The molecule has 0 aliphatic carbocycles. The number of ether oxygens (including phenoxy) is 1. The molecule has 0 heterocycles. The van der Waals surface area contributed by atoms with Crippen LogP contribution in [0.4, 0.5) is 4.39 Å². The van der Waals surface area contributed by atoms with Gasteiger partial charge in [-0.2, -0.15) is 0 Å². The van der Waals surface area contributed by atoms with Crippen LogP contribution in [0.3, 0.4) is 0 Å². The molecular weight excluding hydrogens is 329 g/mol. The van der Waals surface area contributed by atoms with Crippen LogP contribution in [0.5, 0.6) is 5.75 Å². The van der Waals surface area contributed by atoms with Crippen molar-refractivity contribution in [1.29, 1.82) is 0 Å². The zero-order valence-corrected chi connectivity index (χ0v) is 14.9. The first-order chi connectivity index (χ1) is 11.3. The Morgan fingerprint density at radius 1 is 1.12 bits per heavy atom. The van der Waals surface area contributed by atoms with Crippen LogP contribution in [-0.2, 0) is 4.79 Å². The first-order valence-corrected chi connectivity index (χ1v) is 8.15. The van der Waals surface area contributed by atoms with Crippen molar-refractivity contribution in [3.8, 4) is 5.75 Å². The minimum absolute atomic E-state index is 0.238. The Bertz CT molecular complexity index is 708. The predicted molar refractivity (Wildman–Crippen MR) is 94.0 cm³/mol. The van der Waals surface area contributed by atoms with Gasteiger partial charge in [-0.15, -0.1) is 0 Å². The van der Waals surface area contributed by atoms with Gasteiger partial charge in [0, 0.05) is 5.02 Å². The molecule has 0 unspecified atom stereocenters. The van der Waals surface area contributed by atoms with E-state index in [0.717, 1.165) is 16.7 Å². The molecule has 2 atom stereocenters. The zero-order chi connectivity index (χ0) is 17.9. The third-order valence-corrected chi connectivity index (χ3v) is 4.42. The number of carbonyl (C=O) groups excluding carboxylic acids is 1. The molecule has 0 saturated heterocycles. The molecule has 2 rings (SSSR count). The lowest BCUT2D eigenvalue weighted by molar-refractivity contribution is -0.127. The molecule has 1 N–H and O–H groups in total. The van der Waals surface area contributed by atoms with E-state index in [1.165, 1.54) is 12.1 Å². The monoisotopic (exact) mass is 349 g/mol. The number of halogens is 2. The van der Waals surface area contributed by atoms with Crippen molar-refractivity contribution in [3.63, 3.8) is 0 Å². The van der Waals surface area contributed by atoms with E-state index in [1.54, 1.807) is 19.1 Å². The van der Waals surface area contributed by atoms with Crippen LogP contribution in [0, 0.1) is 19.7 Å². The van der Waals surface area contributed by atoms with Crippen LogP contribution in [-0.4, -0.2) is 12.0 Å². The van der Waals surface area contributed by atoms with Gasteiger partial charge in [0.1, 0.15) is 11.6 Å². The first kappa shape index (κ1) is 18.3. The highest BCUT2D eigenvalue weighted by Gasteiger charge is 2.18. The van der Waals surface area contributed by atoms with Gasteiger partial charge in [0.2, 0.25) is 0 Å². The highest BCUT2D eigenvalue weighted by molar-refractivity contribution is 6.32. The smallest absolute Gasteiger partial charge is 0.261 e. The van der Waals surface area contributed by atoms with Crippen molar-refractivity contribution in [2.75, 3.05) is 0 Å². The van der Waals surface area contributed by atoms with E-state index in [2.05, 4.69) is 5.32 Å². The number of carbonyl (C=O) groups is 1. The lowest BCUT2D eigenvalue weighted by Gasteiger charge is -2.19. The van der Waals surface area contributed by atoms with E-state index in [9.17, 15) is 9.18 Å². The largest absolute Gasteiger partial charge is 0.481 e. The summed E-state index contributed by atoms with van der Waals surface area (Å²) in [6, 6.07) is 9.42. The summed E-state index contributed by atoms with van der Waals surface area (Å²) in [5.74, 6) is 0.0611. The number of amides is 1. The van der Waals surface area contributed by atoms with E-state index < -0.39 is 6.10 Å². The SMILES string of the molecule is Cc1cc(O[C@H](C)C(=O)N[C@H](C)c2ccc(F)cc2)cc(C)c1Cl. The molecule has 0 saturated carbocycles. The number of aryl methyl sites for hydroxylation is 2. The van der Waals surface area contributed by atoms with E-state index in [1.807, 2.05) is 32.9 Å². The number of benzene rings is 2. The topological polar surface area (TPSA) is 38.3 Å². The molecule has 24 heavy (non-hydrogen) atoms. The zero-order valence-electron chi connectivity index (χ0n) is 14.2. The summed E-state index contributed by atoms with van der Waals surface area (Å²) >= 11 is 6.13. The lowest BCUT2D eigenvalue weighted by Crippen LogP contribution is -2.37. The maximum Gasteiger partial charge on any atom is 0.261 e. The van der Waals surface area contributed by atoms with Gasteiger partial charge in [-0.1, -0.05) is 23.7 Å². The molecule has 0 bridgehead atoms. The van der Waals surface area contributed by atoms with E-state index in [4.69, 9.17) is 16.3 Å². The highest BCUT2D eigenvalue weighted by Crippen LogP contribution is 2.26. The second-order valence-electron chi connectivity index (χ2n) is 5.91.